The van der Waals surface area contributed by atoms with E-state index in [1.54, 1.807) is 24.4 Å². The molecular formula is C18H17F3N6O. The Hall–Kier alpha value is -3.30. The van der Waals surface area contributed by atoms with Gasteiger partial charge in [-0.1, -0.05) is 23.4 Å². The van der Waals surface area contributed by atoms with Gasteiger partial charge in [-0.25, -0.2) is 0 Å². The third kappa shape index (κ3) is 5.60. The zero-order valence-electron chi connectivity index (χ0n) is 14.6. The van der Waals surface area contributed by atoms with Crippen LogP contribution in [0.2, 0.25) is 0 Å². The molecule has 2 heterocycles. The Morgan fingerprint density at radius 3 is 2.50 bits per heavy atom. The van der Waals surface area contributed by atoms with E-state index < -0.39 is 17.8 Å². The summed E-state index contributed by atoms with van der Waals surface area (Å²) in [6.07, 6.45) is -2.09. The van der Waals surface area contributed by atoms with Gasteiger partial charge in [-0.2, -0.15) is 18.4 Å². The van der Waals surface area contributed by atoms with Gasteiger partial charge in [-0.15, -0.1) is 10.2 Å². The number of halogens is 3. The quantitative estimate of drug-likeness (QED) is 0.644. The SMILES string of the molecule is O=C(Cc1ccccn1)N[C@@H](Cc1ccc(C(F)(F)F)cc1)Cc1nn[nH]n1. The number of benzene rings is 1. The molecule has 28 heavy (non-hydrogen) atoms. The Morgan fingerprint density at radius 2 is 1.89 bits per heavy atom. The Labute approximate surface area is 158 Å². The van der Waals surface area contributed by atoms with Crippen LogP contribution in [0.4, 0.5) is 13.2 Å². The molecule has 0 radical (unpaired) electrons. The molecule has 0 bridgehead atoms. The average molecular weight is 390 g/mol. The minimum atomic E-state index is -4.39. The number of aromatic nitrogens is 5. The van der Waals surface area contributed by atoms with Crippen molar-refractivity contribution in [3.63, 3.8) is 0 Å². The molecule has 2 N–H and O–H groups in total. The predicted octanol–water partition coefficient (Wildman–Crippen LogP) is 2.13. The minimum Gasteiger partial charge on any atom is -0.352 e. The van der Waals surface area contributed by atoms with E-state index in [2.05, 4.69) is 30.9 Å². The van der Waals surface area contributed by atoms with Crippen molar-refractivity contribution < 1.29 is 18.0 Å². The maximum Gasteiger partial charge on any atom is 0.416 e. The van der Waals surface area contributed by atoms with Gasteiger partial charge in [0.25, 0.3) is 0 Å². The number of nitrogens with zero attached hydrogens (tertiary/aromatic N) is 4. The number of pyridine rings is 1. The van der Waals surface area contributed by atoms with E-state index in [1.165, 1.54) is 12.1 Å². The molecule has 0 unspecified atom stereocenters. The molecule has 1 aromatic carbocycles. The first-order valence-electron chi connectivity index (χ1n) is 8.48. The molecule has 0 fully saturated rings. The number of tetrazole rings is 1. The molecule has 0 aliphatic heterocycles. The smallest absolute Gasteiger partial charge is 0.352 e. The molecule has 0 aliphatic rings. The predicted molar refractivity (Wildman–Crippen MR) is 92.9 cm³/mol. The van der Waals surface area contributed by atoms with Crippen molar-refractivity contribution in [2.24, 2.45) is 0 Å². The van der Waals surface area contributed by atoms with Crippen LogP contribution in [-0.2, 0) is 30.2 Å². The summed E-state index contributed by atoms with van der Waals surface area (Å²) in [6.45, 7) is 0. The maximum atomic E-state index is 12.7. The number of H-pyrrole nitrogens is 1. The summed E-state index contributed by atoms with van der Waals surface area (Å²) in [5.41, 5.74) is 0.553. The number of hydrogen-bond acceptors (Lipinski definition) is 5. The summed E-state index contributed by atoms with van der Waals surface area (Å²) in [6, 6.07) is 9.72. The van der Waals surface area contributed by atoms with Crippen LogP contribution < -0.4 is 5.32 Å². The lowest BCUT2D eigenvalue weighted by Gasteiger charge is -2.18. The molecule has 0 aliphatic carbocycles. The van der Waals surface area contributed by atoms with E-state index in [0.29, 0.717) is 23.5 Å². The third-order valence-corrected chi connectivity index (χ3v) is 4.01. The van der Waals surface area contributed by atoms with E-state index in [9.17, 15) is 18.0 Å². The van der Waals surface area contributed by atoms with E-state index in [4.69, 9.17) is 0 Å². The molecular weight excluding hydrogens is 373 g/mol. The van der Waals surface area contributed by atoms with Gasteiger partial charge >= 0.3 is 6.18 Å². The first kappa shape index (κ1) is 19.5. The number of amides is 1. The standard InChI is InChI=1S/C18H17F3N6O/c19-18(20,21)13-6-4-12(5-7-13)9-15(10-16-24-26-27-25-16)23-17(28)11-14-3-1-2-8-22-14/h1-8,15H,9-11H2,(H,23,28)(H,24,25,26,27)/t15-/m0/s1. The second-order valence-electron chi connectivity index (χ2n) is 6.19. The van der Waals surface area contributed by atoms with Crippen LogP contribution in [0.3, 0.4) is 0 Å². The van der Waals surface area contributed by atoms with Crippen molar-refractivity contribution in [1.29, 1.82) is 0 Å². The highest BCUT2D eigenvalue weighted by Gasteiger charge is 2.30. The van der Waals surface area contributed by atoms with Crippen molar-refractivity contribution in [3.05, 3.63) is 71.3 Å². The number of carbonyl (C=O) groups excluding carboxylic acids is 1. The molecule has 0 spiro atoms. The molecule has 3 aromatic rings. The van der Waals surface area contributed by atoms with Crippen molar-refractivity contribution >= 4 is 5.91 Å². The second-order valence-corrected chi connectivity index (χ2v) is 6.19. The molecule has 7 nitrogen and oxygen atoms in total. The van der Waals surface area contributed by atoms with Crippen LogP contribution >= 0.6 is 0 Å². The van der Waals surface area contributed by atoms with Crippen molar-refractivity contribution in [2.45, 2.75) is 31.5 Å². The van der Waals surface area contributed by atoms with E-state index >= 15 is 0 Å². The number of alkyl halides is 3. The number of hydrogen-bond donors (Lipinski definition) is 2. The molecule has 1 amide bonds. The molecule has 0 saturated heterocycles. The average Bonchev–Trinajstić information content (AvgIpc) is 3.15. The summed E-state index contributed by atoms with van der Waals surface area (Å²) in [5.74, 6) is 0.147. The monoisotopic (exact) mass is 390 g/mol. The molecule has 146 valence electrons. The van der Waals surface area contributed by atoms with Crippen LogP contribution in [-0.4, -0.2) is 37.6 Å². The molecule has 1 atom stereocenters. The highest BCUT2D eigenvalue weighted by molar-refractivity contribution is 5.78. The molecule has 2 aromatic heterocycles. The fraction of sp³-hybridized carbons (Fsp3) is 0.278. The highest BCUT2D eigenvalue weighted by atomic mass is 19.4. The maximum absolute atomic E-state index is 12.7. The van der Waals surface area contributed by atoms with Gasteiger partial charge < -0.3 is 5.32 Å². The number of carbonyl (C=O) groups is 1. The summed E-state index contributed by atoms with van der Waals surface area (Å²) in [7, 11) is 0. The third-order valence-electron chi connectivity index (χ3n) is 4.01. The molecule has 3 rings (SSSR count). The summed E-state index contributed by atoms with van der Waals surface area (Å²) < 4.78 is 38.2. The first-order valence-corrected chi connectivity index (χ1v) is 8.48. The van der Waals surface area contributed by atoms with Crippen LogP contribution in [0.25, 0.3) is 0 Å². The van der Waals surface area contributed by atoms with Gasteiger partial charge in [-0.3, -0.25) is 9.78 Å². The van der Waals surface area contributed by atoms with Crippen molar-refractivity contribution in [2.75, 3.05) is 0 Å². The fourth-order valence-corrected chi connectivity index (χ4v) is 2.72. The normalized spacial score (nSPS) is 12.5. The summed E-state index contributed by atoms with van der Waals surface area (Å²) in [5, 5.41) is 16.4. The minimum absolute atomic E-state index is 0.0938. The summed E-state index contributed by atoms with van der Waals surface area (Å²) >= 11 is 0. The molecule has 10 heteroatoms. The Balaban J connectivity index is 1.69. The number of rotatable bonds is 7. The Bertz CT molecular complexity index is 882. The fourth-order valence-electron chi connectivity index (χ4n) is 2.72. The van der Waals surface area contributed by atoms with E-state index in [1.807, 2.05) is 0 Å². The van der Waals surface area contributed by atoms with Crippen LogP contribution in [0.5, 0.6) is 0 Å². The lowest BCUT2D eigenvalue weighted by Crippen LogP contribution is -2.39. The largest absolute Gasteiger partial charge is 0.416 e. The summed E-state index contributed by atoms with van der Waals surface area (Å²) in [4.78, 5) is 16.5. The molecule has 0 saturated carbocycles. The zero-order chi connectivity index (χ0) is 20.0. The Kier molecular flexibility index (Phi) is 5.97. The van der Waals surface area contributed by atoms with Gasteiger partial charge in [0.05, 0.1) is 12.0 Å². The van der Waals surface area contributed by atoms with Gasteiger partial charge in [0, 0.05) is 24.4 Å². The van der Waals surface area contributed by atoms with Crippen LogP contribution in [0.1, 0.15) is 22.6 Å². The lowest BCUT2D eigenvalue weighted by atomic mass is 10.0. The van der Waals surface area contributed by atoms with E-state index in [0.717, 1.165) is 12.1 Å². The first-order chi connectivity index (χ1) is 13.4. The van der Waals surface area contributed by atoms with Gasteiger partial charge in [0.15, 0.2) is 5.82 Å². The second kappa shape index (κ2) is 8.59. The lowest BCUT2D eigenvalue weighted by molar-refractivity contribution is -0.137. The topological polar surface area (TPSA) is 96.5 Å². The van der Waals surface area contributed by atoms with Gasteiger partial charge in [0.2, 0.25) is 5.91 Å². The van der Waals surface area contributed by atoms with Crippen molar-refractivity contribution in [1.82, 2.24) is 30.9 Å². The van der Waals surface area contributed by atoms with Gasteiger partial charge in [0.1, 0.15) is 0 Å². The zero-order valence-corrected chi connectivity index (χ0v) is 14.6. The van der Waals surface area contributed by atoms with Crippen LogP contribution in [0.15, 0.2) is 48.7 Å². The highest BCUT2D eigenvalue weighted by Crippen LogP contribution is 2.29. The number of aromatic amines is 1. The van der Waals surface area contributed by atoms with E-state index in [-0.39, 0.29) is 18.7 Å². The Morgan fingerprint density at radius 1 is 1.11 bits per heavy atom. The van der Waals surface area contributed by atoms with Crippen LogP contribution in [0, 0.1) is 0 Å². The van der Waals surface area contributed by atoms with Crippen molar-refractivity contribution in [3.8, 4) is 0 Å². The van der Waals surface area contributed by atoms with Gasteiger partial charge in [-0.05, 0) is 36.2 Å². The number of nitrogens with one attached hydrogen (secondary N) is 2.